The van der Waals surface area contributed by atoms with Crippen LogP contribution in [0, 0.1) is 17.2 Å². The number of amides is 3. The van der Waals surface area contributed by atoms with Gasteiger partial charge in [0.15, 0.2) is 0 Å². The molecular weight excluding hydrogens is 620 g/mol. The number of rotatable bonds is 9. The molecule has 2 heterocycles. The Morgan fingerprint density at radius 2 is 1.55 bits per heavy atom. The summed E-state index contributed by atoms with van der Waals surface area (Å²) in [6, 6.07) is 13.1. The minimum absolute atomic E-state index is 0.0713. The van der Waals surface area contributed by atoms with E-state index in [4.69, 9.17) is 5.10 Å². The van der Waals surface area contributed by atoms with Gasteiger partial charge in [-0.2, -0.15) is 10.4 Å². The highest BCUT2D eigenvalue weighted by Gasteiger charge is 2.54. The van der Waals surface area contributed by atoms with Crippen molar-refractivity contribution in [3.8, 4) is 6.07 Å². The Kier molecular flexibility index (Phi) is 9.00. The number of aryl methyl sites for hydroxylation is 2. The fourth-order valence-electron chi connectivity index (χ4n) is 7.90. The Balaban J connectivity index is 1.49. The summed E-state index contributed by atoms with van der Waals surface area (Å²) in [5.74, 6) is 0.565. The molecule has 3 amide bonds. The van der Waals surface area contributed by atoms with Crippen LogP contribution >= 0.6 is 0 Å². The zero-order valence-corrected chi connectivity index (χ0v) is 29.4. The zero-order valence-electron chi connectivity index (χ0n) is 29.4. The van der Waals surface area contributed by atoms with Gasteiger partial charge < -0.3 is 20.0 Å². The van der Waals surface area contributed by atoms with E-state index in [0.717, 1.165) is 35.1 Å². The monoisotopic (exact) mass is 666 g/mol. The van der Waals surface area contributed by atoms with Crippen molar-refractivity contribution in [1.82, 2.24) is 34.8 Å². The van der Waals surface area contributed by atoms with Crippen molar-refractivity contribution >= 4 is 17.7 Å². The average Bonchev–Trinajstić information content (AvgIpc) is 3.60. The number of nitrogens with zero attached hydrogens (tertiary/aromatic N) is 6. The molecule has 1 aromatic heterocycles. The number of aromatic amines is 1. The van der Waals surface area contributed by atoms with E-state index in [1.807, 2.05) is 57.2 Å². The van der Waals surface area contributed by atoms with Crippen molar-refractivity contribution in [2.24, 2.45) is 5.92 Å². The molecule has 0 spiro atoms. The molecule has 0 bridgehead atoms. The third-order valence-electron chi connectivity index (χ3n) is 10.4. The van der Waals surface area contributed by atoms with E-state index in [1.165, 1.54) is 4.68 Å². The van der Waals surface area contributed by atoms with Gasteiger partial charge in [-0.15, -0.1) is 0 Å². The van der Waals surface area contributed by atoms with Gasteiger partial charge in [-0.3, -0.25) is 19.4 Å². The Morgan fingerprint density at radius 3 is 2.04 bits per heavy atom. The summed E-state index contributed by atoms with van der Waals surface area (Å²) in [5.41, 5.74) is 3.47. The SMILES string of the molecule is CC(C)n1nc(C2(C[C@H](C)NCC(=O)N3C(C#N)C[C@@H]4C[C@@H]43)c3ccc(C(=O)N(C)C)cc3CCc3cc(C(=O)N(C)C)ccc32)[nH]c1=O. The van der Waals surface area contributed by atoms with Gasteiger partial charge in [-0.05, 0) is 105 Å². The lowest BCUT2D eigenvalue weighted by atomic mass is 9.67. The molecule has 1 aliphatic heterocycles. The highest BCUT2D eigenvalue weighted by atomic mass is 16.2. The van der Waals surface area contributed by atoms with Gasteiger partial charge in [-0.25, -0.2) is 9.48 Å². The third kappa shape index (κ3) is 6.05. The third-order valence-corrected chi connectivity index (χ3v) is 10.4. The number of nitriles is 1. The van der Waals surface area contributed by atoms with Gasteiger partial charge in [0, 0.05) is 51.4 Å². The number of fused-ring (bicyclic) bond motifs is 3. The number of aromatic nitrogens is 3. The number of hydrogen-bond acceptors (Lipinski definition) is 7. The largest absolute Gasteiger partial charge is 0.345 e. The molecule has 1 saturated carbocycles. The van der Waals surface area contributed by atoms with Crippen LogP contribution in [0.3, 0.4) is 0 Å². The van der Waals surface area contributed by atoms with Gasteiger partial charge in [0.2, 0.25) is 5.91 Å². The average molecular weight is 667 g/mol. The maximum atomic E-state index is 13.5. The molecule has 1 saturated heterocycles. The van der Waals surface area contributed by atoms with Crippen LogP contribution in [-0.4, -0.2) is 100 Å². The standard InChI is InChI=1S/C37H46N8O4/c1-21(2)45-36(49)40-35(41-45)37(18-22(3)39-20-32(46)44-28(19-38)16-27-17-31(27)44)29-12-10-25(33(47)42(4)5)14-23(29)8-9-24-15-26(11-13-30(24)37)34(48)43(6)7/h10-15,21-22,27-28,31,39H,8-9,16-18,20H2,1-7H3,(H,40,41,49)/t22-,27+,28?,31-/m0/s1. The molecule has 3 aliphatic rings. The topological polar surface area (TPSA) is 147 Å². The van der Waals surface area contributed by atoms with Crippen molar-refractivity contribution < 1.29 is 14.4 Å². The summed E-state index contributed by atoms with van der Waals surface area (Å²) in [7, 11) is 6.89. The molecule has 0 radical (unpaired) electrons. The Morgan fingerprint density at radius 1 is 0.980 bits per heavy atom. The van der Waals surface area contributed by atoms with E-state index in [-0.39, 0.29) is 54.1 Å². The van der Waals surface area contributed by atoms with Gasteiger partial charge in [0.1, 0.15) is 11.9 Å². The Hall–Kier alpha value is -4.76. The van der Waals surface area contributed by atoms with Crippen LogP contribution in [0.2, 0.25) is 0 Å². The lowest BCUT2D eigenvalue weighted by Crippen LogP contribution is -2.46. The number of carbonyl (C=O) groups excluding carboxylic acids is 3. The molecule has 4 atom stereocenters. The molecule has 2 N–H and O–H groups in total. The smallest absolute Gasteiger partial charge is 0.343 e. The number of hydrogen-bond donors (Lipinski definition) is 2. The van der Waals surface area contributed by atoms with Crippen molar-refractivity contribution in [2.75, 3.05) is 34.7 Å². The predicted octanol–water partition coefficient (Wildman–Crippen LogP) is 2.87. The summed E-state index contributed by atoms with van der Waals surface area (Å²) in [4.78, 5) is 61.1. The number of piperidine rings is 1. The van der Waals surface area contributed by atoms with E-state index in [1.54, 1.807) is 42.9 Å². The van der Waals surface area contributed by atoms with E-state index < -0.39 is 5.41 Å². The highest BCUT2D eigenvalue weighted by molar-refractivity contribution is 5.95. The summed E-state index contributed by atoms with van der Waals surface area (Å²) in [6.07, 6.45) is 3.29. The molecule has 1 unspecified atom stereocenters. The first-order valence-corrected chi connectivity index (χ1v) is 17.1. The Labute approximate surface area is 287 Å². The first kappa shape index (κ1) is 34.1. The lowest BCUT2D eigenvalue weighted by Gasteiger charge is -2.37. The summed E-state index contributed by atoms with van der Waals surface area (Å²) in [5, 5.41) is 18.0. The van der Waals surface area contributed by atoms with Crippen molar-refractivity contribution in [1.29, 1.82) is 5.26 Å². The van der Waals surface area contributed by atoms with Gasteiger partial charge >= 0.3 is 5.69 Å². The molecule has 12 heteroatoms. The molecule has 12 nitrogen and oxygen atoms in total. The molecule has 2 fully saturated rings. The second-order valence-corrected chi connectivity index (χ2v) is 14.6. The van der Waals surface area contributed by atoms with Crippen LogP contribution in [0.25, 0.3) is 0 Å². The van der Waals surface area contributed by atoms with Gasteiger partial charge in [0.05, 0.1) is 24.1 Å². The quantitative estimate of drug-likeness (QED) is 0.357. The minimum Gasteiger partial charge on any atom is -0.345 e. The van der Waals surface area contributed by atoms with Crippen LogP contribution in [-0.2, 0) is 23.1 Å². The molecule has 258 valence electrons. The zero-order chi connectivity index (χ0) is 35.4. The van der Waals surface area contributed by atoms with Crippen LogP contribution in [0.15, 0.2) is 41.2 Å². The second-order valence-electron chi connectivity index (χ2n) is 14.6. The number of carbonyl (C=O) groups is 3. The normalized spacial score (nSPS) is 20.8. The molecule has 2 aromatic carbocycles. The number of likely N-dealkylation sites (tertiary alicyclic amines) is 1. The second kappa shape index (κ2) is 12.9. The summed E-state index contributed by atoms with van der Waals surface area (Å²) < 4.78 is 1.44. The van der Waals surface area contributed by atoms with Gasteiger partial charge in [0.25, 0.3) is 11.8 Å². The van der Waals surface area contributed by atoms with Crippen molar-refractivity contribution in [2.45, 2.75) is 82.5 Å². The fourth-order valence-corrected chi connectivity index (χ4v) is 7.90. The number of H-pyrrole nitrogens is 1. The number of nitrogens with one attached hydrogen (secondary N) is 2. The maximum Gasteiger partial charge on any atom is 0.343 e. The van der Waals surface area contributed by atoms with Crippen molar-refractivity contribution in [3.05, 3.63) is 86.1 Å². The van der Waals surface area contributed by atoms with E-state index in [9.17, 15) is 24.4 Å². The summed E-state index contributed by atoms with van der Waals surface area (Å²) >= 11 is 0. The maximum absolute atomic E-state index is 13.5. The van der Waals surface area contributed by atoms with Crippen LogP contribution < -0.4 is 11.0 Å². The minimum atomic E-state index is -1.01. The first-order valence-electron chi connectivity index (χ1n) is 17.1. The molecule has 6 rings (SSSR count). The first-order chi connectivity index (χ1) is 23.3. The summed E-state index contributed by atoms with van der Waals surface area (Å²) in [6.45, 7) is 5.89. The Bertz CT molecular complexity index is 1830. The molecular formula is C37H46N8O4. The lowest BCUT2D eigenvalue weighted by molar-refractivity contribution is -0.131. The van der Waals surface area contributed by atoms with E-state index in [2.05, 4.69) is 16.4 Å². The van der Waals surface area contributed by atoms with Crippen LogP contribution in [0.4, 0.5) is 0 Å². The highest BCUT2D eigenvalue weighted by Crippen LogP contribution is 2.48. The van der Waals surface area contributed by atoms with Crippen molar-refractivity contribution in [3.63, 3.8) is 0 Å². The molecule has 3 aromatic rings. The number of benzene rings is 2. The predicted molar refractivity (Wildman–Crippen MR) is 184 cm³/mol. The van der Waals surface area contributed by atoms with Crippen LogP contribution in [0.5, 0.6) is 0 Å². The van der Waals surface area contributed by atoms with Gasteiger partial charge in [-0.1, -0.05) is 12.1 Å². The van der Waals surface area contributed by atoms with Crippen LogP contribution in [0.1, 0.15) is 94.9 Å². The molecule has 2 aliphatic carbocycles. The fraction of sp³-hybridized carbons (Fsp3) is 0.514. The van der Waals surface area contributed by atoms with E-state index in [0.29, 0.717) is 42.1 Å². The van der Waals surface area contributed by atoms with E-state index >= 15 is 0 Å². The molecule has 49 heavy (non-hydrogen) atoms.